The first-order chi connectivity index (χ1) is 10.4. The molecule has 0 bridgehead atoms. The molecule has 0 aliphatic heterocycles. The normalized spacial score (nSPS) is 10.3. The van der Waals surface area contributed by atoms with Crippen LogP contribution in [0.15, 0.2) is 36.7 Å². The Labute approximate surface area is 144 Å². The first-order valence-electron chi connectivity index (χ1n) is 8.15. The molecule has 0 aliphatic rings. The van der Waals surface area contributed by atoms with Crippen molar-refractivity contribution in [1.29, 1.82) is 0 Å². The van der Waals surface area contributed by atoms with Crippen LogP contribution in [0, 0.1) is 0 Å². The third-order valence-electron chi connectivity index (χ3n) is 3.71. The molecule has 1 heterocycles. The summed E-state index contributed by atoms with van der Waals surface area (Å²) in [6.07, 6.45) is 10.6. The highest BCUT2D eigenvalue weighted by atomic mass is 79.9. The molecule has 22 heavy (non-hydrogen) atoms. The van der Waals surface area contributed by atoms with Crippen LogP contribution >= 0.6 is 0 Å². The van der Waals surface area contributed by atoms with E-state index in [-0.39, 0.29) is 17.0 Å². The molecule has 0 atom stereocenters. The highest BCUT2D eigenvalue weighted by molar-refractivity contribution is 5.61. The summed E-state index contributed by atoms with van der Waals surface area (Å²) in [6.45, 7) is 6.02. The van der Waals surface area contributed by atoms with Crippen LogP contribution in [0.1, 0.15) is 46.0 Å². The molecule has 2 rings (SSSR count). The Bertz CT molecular complexity index is 539. The summed E-state index contributed by atoms with van der Waals surface area (Å²) in [5.74, 6) is 2.08. The highest BCUT2D eigenvalue weighted by Crippen LogP contribution is 2.26. The lowest BCUT2D eigenvalue weighted by atomic mass is 10.1. The van der Waals surface area contributed by atoms with E-state index in [4.69, 9.17) is 4.74 Å². The molecule has 122 valence electrons. The van der Waals surface area contributed by atoms with E-state index in [1.54, 1.807) is 0 Å². The molecule has 4 heteroatoms. The molecule has 1 aromatic carbocycles. The lowest BCUT2D eigenvalue weighted by molar-refractivity contribution is -0.685. The van der Waals surface area contributed by atoms with Gasteiger partial charge in [-0.15, -0.1) is 0 Å². The molecule has 0 saturated heterocycles. The fourth-order valence-electron chi connectivity index (χ4n) is 2.61. The van der Waals surface area contributed by atoms with Crippen molar-refractivity contribution >= 4 is 0 Å². The average Bonchev–Trinajstić information content (AvgIpc) is 2.96. The molecule has 0 amide bonds. The maximum Gasteiger partial charge on any atom is 0.290 e. The molecule has 1 N–H and O–H groups in total. The van der Waals surface area contributed by atoms with Crippen molar-refractivity contribution in [3.63, 3.8) is 0 Å². The van der Waals surface area contributed by atoms with Crippen LogP contribution < -0.4 is 26.3 Å². The van der Waals surface area contributed by atoms with Gasteiger partial charge in [0.15, 0.2) is 0 Å². The molecule has 0 saturated carbocycles. The van der Waals surface area contributed by atoms with Gasteiger partial charge in [0, 0.05) is 0 Å². The molecule has 0 unspecified atom stereocenters. The zero-order valence-corrected chi connectivity index (χ0v) is 15.2. The second-order valence-electron chi connectivity index (χ2n) is 5.35. The van der Waals surface area contributed by atoms with Crippen LogP contribution in [0.4, 0.5) is 0 Å². The van der Waals surface area contributed by atoms with Crippen LogP contribution in [0.5, 0.6) is 5.75 Å². The average molecular weight is 367 g/mol. The quantitative estimate of drug-likeness (QED) is 0.526. The van der Waals surface area contributed by atoms with Gasteiger partial charge in [-0.3, -0.25) is 0 Å². The van der Waals surface area contributed by atoms with E-state index >= 15 is 0 Å². The fourth-order valence-corrected chi connectivity index (χ4v) is 2.61. The molecule has 0 radical (unpaired) electrons. The number of aromatic nitrogens is 2. The Morgan fingerprint density at radius 2 is 1.82 bits per heavy atom. The van der Waals surface area contributed by atoms with Crippen LogP contribution in [0.2, 0.25) is 0 Å². The van der Waals surface area contributed by atoms with Gasteiger partial charge in [0.05, 0.1) is 13.2 Å². The SMILES string of the molecule is CCCCCCC[n+]1cc[nH]c1-c1ccccc1OCC.[Br-]. The minimum Gasteiger partial charge on any atom is -1.00 e. The number of nitrogens with zero attached hydrogens (tertiary/aromatic N) is 1. The summed E-state index contributed by atoms with van der Waals surface area (Å²) in [5.41, 5.74) is 1.14. The van der Waals surface area contributed by atoms with Crippen molar-refractivity contribution in [3.05, 3.63) is 36.7 Å². The van der Waals surface area contributed by atoms with Gasteiger partial charge in [0.2, 0.25) is 0 Å². The third-order valence-corrected chi connectivity index (χ3v) is 3.71. The standard InChI is InChI=1S/C18H26N2O.BrH/c1-3-5-6-7-10-14-20-15-13-19-18(20)16-11-8-9-12-17(16)21-4-2;/h8-9,11-13,15H,3-7,10,14H2,1-2H3;1H. The Morgan fingerprint density at radius 3 is 2.59 bits per heavy atom. The molecule has 0 aliphatic carbocycles. The van der Waals surface area contributed by atoms with Gasteiger partial charge >= 0.3 is 0 Å². The zero-order valence-electron chi connectivity index (χ0n) is 13.6. The molecule has 0 fully saturated rings. The highest BCUT2D eigenvalue weighted by Gasteiger charge is 2.17. The molecular formula is C18H27BrN2O. The van der Waals surface area contributed by atoms with Crippen molar-refractivity contribution in [2.24, 2.45) is 0 Å². The number of nitrogens with one attached hydrogen (secondary N) is 1. The lowest BCUT2D eigenvalue weighted by Crippen LogP contribution is -3.00. The maximum atomic E-state index is 5.74. The van der Waals surface area contributed by atoms with Crippen LogP contribution in [0.3, 0.4) is 0 Å². The Hall–Kier alpha value is -1.29. The van der Waals surface area contributed by atoms with E-state index < -0.39 is 0 Å². The van der Waals surface area contributed by atoms with Crippen molar-refractivity contribution < 1.29 is 26.3 Å². The van der Waals surface area contributed by atoms with E-state index in [2.05, 4.69) is 34.8 Å². The minimum atomic E-state index is 0. The van der Waals surface area contributed by atoms with Crippen molar-refractivity contribution in [2.45, 2.75) is 52.5 Å². The minimum absolute atomic E-state index is 0. The number of unbranched alkanes of at least 4 members (excludes halogenated alkanes) is 4. The van der Waals surface area contributed by atoms with Crippen molar-refractivity contribution in [3.8, 4) is 17.1 Å². The largest absolute Gasteiger partial charge is 1.00 e. The molecule has 1 aromatic heterocycles. The van der Waals surface area contributed by atoms with E-state index in [0.29, 0.717) is 6.61 Å². The Balaban J connectivity index is 0.00000242. The van der Waals surface area contributed by atoms with E-state index in [1.165, 1.54) is 32.1 Å². The summed E-state index contributed by atoms with van der Waals surface area (Å²) in [6, 6.07) is 8.23. The van der Waals surface area contributed by atoms with E-state index in [0.717, 1.165) is 23.7 Å². The van der Waals surface area contributed by atoms with Gasteiger partial charge in [-0.2, -0.15) is 0 Å². The predicted octanol–water partition coefficient (Wildman–Crippen LogP) is 1.34. The van der Waals surface area contributed by atoms with Gasteiger partial charge in [0.1, 0.15) is 23.7 Å². The smallest absolute Gasteiger partial charge is 0.290 e. The fraction of sp³-hybridized carbons (Fsp3) is 0.500. The number of imidazole rings is 1. The van der Waals surface area contributed by atoms with Crippen molar-refractivity contribution in [1.82, 2.24) is 4.98 Å². The number of ether oxygens (including phenoxy) is 1. The first-order valence-corrected chi connectivity index (χ1v) is 8.15. The van der Waals surface area contributed by atoms with E-state index in [9.17, 15) is 0 Å². The Morgan fingerprint density at radius 1 is 1.05 bits per heavy atom. The summed E-state index contributed by atoms with van der Waals surface area (Å²) in [4.78, 5) is 3.36. The second-order valence-corrected chi connectivity index (χ2v) is 5.35. The summed E-state index contributed by atoms with van der Waals surface area (Å²) in [5, 5.41) is 0. The van der Waals surface area contributed by atoms with Gasteiger partial charge in [0.25, 0.3) is 5.82 Å². The number of aromatic amines is 1. The van der Waals surface area contributed by atoms with Crippen LogP contribution in [0.25, 0.3) is 11.4 Å². The maximum absolute atomic E-state index is 5.74. The Kier molecular flexibility index (Phi) is 8.90. The number of hydrogen-bond acceptors (Lipinski definition) is 1. The summed E-state index contributed by atoms with van der Waals surface area (Å²) >= 11 is 0. The molecule has 3 nitrogen and oxygen atoms in total. The molecular weight excluding hydrogens is 340 g/mol. The monoisotopic (exact) mass is 366 g/mol. The summed E-state index contributed by atoms with van der Waals surface area (Å²) in [7, 11) is 0. The lowest BCUT2D eigenvalue weighted by Gasteiger charge is -2.08. The molecule has 2 aromatic rings. The molecule has 0 spiro atoms. The van der Waals surface area contributed by atoms with Crippen molar-refractivity contribution in [2.75, 3.05) is 6.61 Å². The number of rotatable bonds is 9. The third kappa shape index (κ3) is 5.16. The van der Waals surface area contributed by atoms with Crippen LogP contribution in [-0.2, 0) is 6.54 Å². The number of hydrogen-bond donors (Lipinski definition) is 1. The number of benzene rings is 1. The second kappa shape index (κ2) is 10.4. The number of halogens is 1. The number of H-pyrrole nitrogens is 1. The van der Waals surface area contributed by atoms with E-state index in [1.807, 2.05) is 25.3 Å². The number of aryl methyl sites for hydroxylation is 1. The van der Waals surface area contributed by atoms with Gasteiger partial charge in [-0.05, 0) is 31.9 Å². The predicted molar refractivity (Wildman–Crippen MR) is 86.4 cm³/mol. The van der Waals surface area contributed by atoms with Gasteiger partial charge in [-0.1, -0.05) is 38.3 Å². The zero-order chi connectivity index (χ0) is 14.9. The number of para-hydroxylation sites is 1. The van der Waals surface area contributed by atoms with Gasteiger partial charge in [-0.25, -0.2) is 9.55 Å². The van der Waals surface area contributed by atoms with Crippen LogP contribution in [-0.4, -0.2) is 11.6 Å². The summed E-state index contributed by atoms with van der Waals surface area (Å²) < 4.78 is 8.04. The van der Waals surface area contributed by atoms with Gasteiger partial charge < -0.3 is 21.7 Å². The first kappa shape index (κ1) is 18.8. The topological polar surface area (TPSA) is 28.9 Å².